The summed E-state index contributed by atoms with van der Waals surface area (Å²) in [4.78, 5) is 11.3. The summed E-state index contributed by atoms with van der Waals surface area (Å²) in [5.74, 6) is 0. The van der Waals surface area contributed by atoms with E-state index >= 15 is 0 Å². The van der Waals surface area contributed by atoms with Gasteiger partial charge in [0.25, 0.3) is 0 Å². The number of aromatic nitrogens is 4. The van der Waals surface area contributed by atoms with Crippen molar-refractivity contribution >= 4 is 24.3 Å². The van der Waals surface area contributed by atoms with Crippen molar-refractivity contribution in [1.29, 1.82) is 0 Å². The average molecular weight is 266 g/mol. The summed E-state index contributed by atoms with van der Waals surface area (Å²) in [5.41, 5.74) is 1.14. The third-order valence-electron chi connectivity index (χ3n) is 2.09. The van der Waals surface area contributed by atoms with Crippen molar-refractivity contribution in [2.75, 3.05) is 12.4 Å². The minimum atomic E-state index is -0.644. The van der Waals surface area contributed by atoms with Crippen LogP contribution in [0.2, 0.25) is 0 Å². The minimum Gasteiger partial charge on any atom is -0.306 e. The van der Waals surface area contributed by atoms with Crippen molar-refractivity contribution in [3.05, 3.63) is 24.3 Å². The fourth-order valence-electron chi connectivity index (χ4n) is 1.27. The molecule has 0 radical (unpaired) electrons. The van der Waals surface area contributed by atoms with Gasteiger partial charge in [0.15, 0.2) is 0 Å². The zero-order valence-corrected chi connectivity index (χ0v) is 10.2. The summed E-state index contributed by atoms with van der Waals surface area (Å²) in [6, 6.07) is 6.16. The molecule has 0 spiro atoms. The number of anilines is 1. The molecule has 1 aromatic carbocycles. The van der Waals surface area contributed by atoms with Crippen LogP contribution in [0.5, 0.6) is 0 Å². The van der Waals surface area contributed by atoms with E-state index in [4.69, 9.17) is 5.21 Å². The van der Waals surface area contributed by atoms with E-state index in [1.165, 1.54) is 11.7 Å². The summed E-state index contributed by atoms with van der Waals surface area (Å²) < 4.78 is 1.40. The van der Waals surface area contributed by atoms with Gasteiger partial charge in [0.1, 0.15) is 0 Å². The second-order valence-corrected chi connectivity index (χ2v) is 3.79. The zero-order valence-electron chi connectivity index (χ0n) is 9.35. The first-order valence-electron chi connectivity index (χ1n) is 4.89. The summed E-state index contributed by atoms with van der Waals surface area (Å²) in [6.45, 7) is 0. The first-order chi connectivity index (χ1) is 8.58. The standard InChI is InChI=1S/C9H10N6O2S/c1-14(17)8(16)10-6-3-2-4-7(5-6)15-9(18)11-12-13-15/h2-5,17H,1H3,(H,10,16)(H,11,13,18). The molecule has 94 valence electrons. The Kier molecular flexibility index (Phi) is 3.44. The summed E-state index contributed by atoms with van der Waals surface area (Å²) in [6.07, 6.45) is 0. The van der Waals surface area contributed by atoms with E-state index in [1.807, 2.05) is 0 Å². The molecule has 2 amide bonds. The number of tetrazole rings is 1. The van der Waals surface area contributed by atoms with Crippen LogP contribution in [-0.4, -0.2) is 43.6 Å². The number of carbonyl (C=O) groups excluding carboxylic acids is 1. The summed E-state index contributed by atoms with van der Waals surface area (Å²) in [7, 11) is 1.23. The maximum absolute atomic E-state index is 11.3. The number of hydrogen-bond acceptors (Lipinski definition) is 6. The Morgan fingerprint density at radius 1 is 1.56 bits per heavy atom. The van der Waals surface area contributed by atoms with Crippen LogP contribution < -0.4 is 5.32 Å². The highest BCUT2D eigenvalue weighted by molar-refractivity contribution is 7.80. The zero-order chi connectivity index (χ0) is 13.1. The fourth-order valence-corrected chi connectivity index (χ4v) is 1.46. The van der Waals surface area contributed by atoms with Crippen molar-refractivity contribution in [1.82, 2.24) is 25.3 Å². The molecule has 18 heavy (non-hydrogen) atoms. The maximum atomic E-state index is 11.3. The number of carbonyl (C=O) groups is 1. The molecule has 2 aromatic rings. The van der Waals surface area contributed by atoms with Crippen LogP contribution in [-0.2, 0) is 0 Å². The van der Waals surface area contributed by atoms with Crippen LogP contribution in [0.15, 0.2) is 29.4 Å². The van der Waals surface area contributed by atoms with Gasteiger partial charge in [0.2, 0.25) is 5.16 Å². The van der Waals surface area contributed by atoms with E-state index in [-0.39, 0.29) is 0 Å². The van der Waals surface area contributed by atoms with Crippen LogP contribution >= 0.6 is 12.6 Å². The second-order valence-electron chi connectivity index (χ2n) is 3.39. The van der Waals surface area contributed by atoms with Gasteiger partial charge in [-0.2, -0.15) is 4.68 Å². The lowest BCUT2D eigenvalue weighted by molar-refractivity contribution is -0.0118. The Balaban J connectivity index is 2.26. The van der Waals surface area contributed by atoms with Crippen molar-refractivity contribution in [2.24, 2.45) is 0 Å². The molecule has 1 heterocycles. The fraction of sp³-hybridized carbons (Fsp3) is 0.111. The van der Waals surface area contributed by atoms with E-state index in [0.29, 0.717) is 21.6 Å². The van der Waals surface area contributed by atoms with Crippen LogP contribution in [0.25, 0.3) is 5.69 Å². The molecule has 0 saturated carbocycles. The SMILES string of the molecule is CN(O)C(=O)Nc1cccc(-n2nnnc2S)c1. The molecule has 8 nitrogen and oxygen atoms in total. The lowest BCUT2D eigenvalue weighted by Gasteiger charge is -2.11. The molecule has 0 saturated heterocycles. The maximum Gasteiger partial charge on any atom is 0.345 e. The molecule has 0 bridgehead atoms. The Morgan fingerprint density at radius 2 is 2.33 bits per heavy atom. The molecule has 2 rings (SSSR count). The predicted octanol–water partition coefficient (Wildman–Crippen LogP) is 0.804. The number of nitrogens with one attached hydrogen (secondary N) is 1. The van der Waals surface area contributed by atoms with Gasteiger partial charge in [-0.1, -0.05) is 6.07 Å². The third kappa shape index (κ3) is 2.57. The number of hydrogen-bond donors (Lipinski definition) is 3. The highest BCUT2D eigenvalue weighted by Gasteiger charge is 2.08. The number of thiol groups is 1. The van der Waals surface area contributed by atoms with Crippen LogP contribution in [0, 0.1) is 0 Å². The van der Waals surface area contributed by atoms with Gasteiger partial charge in [0.05, 0.1) is 5.69 Å². The predicted molar refractivity (Wildman–Crippen MR) is 65.0 cm³/mol. The van der Waals surface area contributed by atoms with Gasteiger partial charge in [-0.05, 0) is 28.6 Å². The lowest BCUT2D eigenvalue weighted by Crippen LogP contribution is -2.27. The lowest BCUT2D eigenvalue weighted by atomic mass is 10.3. The summed E-state index contributed by atoms with van der Waals surface area (Å²) in [5, 5.41) is 23.1. The van der Waals surface area contributed by atoms with Crippen molar-refractivity contribution in [2.45, 2.75) is 5.16 Å². The van der Waals surface area contributed by atoms with Gasteiger partial charge < -0.3 is 5.32 Å². The van der Waals surface area contributed by atoms with E-state index < -0.39 is 6.03 Å². The number of rotatable bonds is 2. The molecular formula is C9H10N6O2S. The number of hydroxylamine groups is 2. The molecule has 0 aliphatic rings. The third-order valence-corrected chi connectivity index (χ3v) is 2.37. The molecule has 0 unspecified atom stereocenters. The van der Waals surface area contributed by atoms with Crippen LogP contribution in [0.4, 0.5) is 10.5 Å². The van der Waals surface area contributed by atoms with Crippen LogP contribution in [0.3, 0.4) is 0 Å². The molecule has 1 aromatic heterocycles. The summed E-state index contributed by atoms with van der Waals surface area (Å²) >= 11 is 4.09. The average Bonchev–Trinajstić information content (AvgIpc) is 2.75. The van der Waals surface area contributed by atoms with Crippen molar-refractivity contribution in [3.63, 3.8) is 0 Å². The molecular weight excluding hydrogens is 256 g/mol. The minimum absolute atomic E-state index is 0.331. The Labute approximate surface area is 108 Å². The van der Waals surface area contributed by atoms with Crippen molar-refractivity contribution < 1.29 is 10.0 Å². The largest absolute Gasteiger partial charge is 0.345 e. The normalized spacial score (nSPS) is 10.2. The van der Waals surface area contributed by atoms with Gasteiger partial charge in [0, 0.05) is 12.7 Å². The number of nitrogens with zero attached hydrogens (tertiary/aromatic N) is 5. The van der Waals surface area contributed by atoms with Gasteiger partial charge in [-0.3, -0.25) is 5.21 Å². The van der Waals surface area contributed by atoms with Crippen LogP contribution in [0.1, 0.15) is 0 Å². The topological polar surface area (TPSA) is 96.2 Å². The quantitative estimate of drug-likeness (QED) is 0.424. The van der Waals surface area contributed by atoms with Gasteiger partial charge >= 0.3 is 6.03 Å². The van der Waals surface area contributed by atoms with Gasteiger partial charge in [-0.25, -0.2) is 9.86 Å². The van der Waals surface area contributed by atoms with E-state index in [9.17, 15) is 4.79 Å². The van der Waals surface area contributed by atoms with E-state index in [1.54, 1.807) is 24.3 Å². The van der Waals surface area contributed by atoms with Gasteiger partial charge in [-0.15, -0.1) is 17.7 Å². The molecule has 0 fully saturated rings. The smallest absolute Gasteiger partial charge is 0.306 e. The molecule has 2 N–H and O–H groups in total. The highest BCUT2D eigenvalue weighted by Crippen LogP contribution is 2.16. The second kappa shape index (κ2) is 5.02. The number of benzene rings is 1. The monoisotopic (exact) mass is 266 g/mol. The first kappa shape index (κ1) is 12.3. The first-order valence-corrected chi connectivity index (χ1v) is 5.34. The number of amides is 2. The molecule has 0 atom stereocenters. The molecule has 9 heteroatoms. The Bertz CT molecular complexity index is 570. The molecule has 0 aliphatic heterocycles. The van der Waals surface area contributed by atoms with Crippen molar-refractivity contribution in [3.8, 4) is 5.69 Å². The Morgan fingerprint density at radius 3 is 2.94 bits per heavy atom. The van der Waals surface area contributed by atoms with E-state index in [0.717, 1.165) is 0 Å². The van der Waals surface area contributed by atoms with E-state index in [2.05, 4.69) is 33.5 Å². The molecule has 0 aliphatic carbocycles. The Hall–Kier alpha value is -2.13. The number of urea groups is 1. The highest BCUT2D eigenvalue weighted by atomic mass is 32.1.